The Morgan fingerprint density at radius 3 is 2.00 bits per heavy atom. The fourth-order valence-corrected chi connectivity index (χ4v) is 2.89. The van der Waals surface area contributed by atoms with Gasteiger partial charge in [0.15, 0.2) is 0 Å². The van der Waals surface area contributed by atoms with Gasteiger partial charge in [0.05, 0.1) is 17.2 Å². The number of thioether (sulfide) groups is 1. The Kier molecular flexibility index (Phi) is 17.7. The second kappa shape index (κ2) is 17.1. The smallest absolute Gasteiger partial charge is 0.0960 e. The van der Waals surface area contributed by atoms with Crippen molar-refractivity contribution < 1.29 is 4.74 Å². The summed E-state index contributed by atoms with van der Waals surface area (Å²) in [4.78, 5) is 4.29. The molecule has 148 valence electrons. The highest BCUT2D eigenvalue weighted by molar-refractivity contribution is 7.99. The van der Waals surface area contributed by atoms with Crippen LogP contribution < -0.4 is 0 Å². The molecule has 0 unspecified atom stereocenters. The zero-order valence-electron chi connectivity index (χ0n) is 18.3. The van der Waals surface area contributed by atoms with E-state index in [1.165, 1.54) is 11.1 Å². The van der Waals surface area contributed by atoms with E-state index < -0.39 is 0 Å². The first-order chi connectivity index (χ1) is 12.6. The molecule has 0 atom stereocenters. The molecule has 0 aliphatic carbocycles. The summed E-state index contributed by atoms with van der Waals surface area (Å²) in [5, 5.41) is 1.05. The Hall–Kier alpha value is -1.32. The Labute approximate surface area is 166 Å². The minimum atomic E-state index is -0.254. The van der Waals surface area contributed by atoms with E-state index in [1.54, 1.807) is 11.8 Å². The zero-order valence-corrected chi connectivity index (χ0v) is 19.1. The lowest BCUT2D eigenvalue weighted by Crippen LogP contribution is -2.24. The van der Waals surface area contributed by atoms with Gasteiger partial charge in [0.1, 0.15) is 0 Å². The molecule has 1 heterocycles. The summed E-state index contributed by atoms with van der Waals surface area (Å²) in [5.41, 5.74) is 2.27. The lowest BCUT2D eigenvalue weighted by atomic mass is 9.94. The van der Waals surface area contributed by atoms with Crippen molar-refractivity contribution in [1.82, 2.24) is 4.98 Å². The van der Waals surface area contributed by atoms with Gasteiger partial charge < -0.3 is 4.74 Å². The van der Waals surface area contributed by atoms with Gasteiger partial charge in [-0.1, -0.05) is 71.9 Å². The molecule has 0 saturated heterocycles. The van der Waals surface area contributed by atoms with Crippen LogP contribution in [0.2, 0.25) is 0 Å². The molecule has 0 N–H and O–H groups in total. The van der Waals surface area contributed by atoms with E-state index in [1.807, 2.05) is 65.9 Å². The molecule has 2 rings (SSSR count). The minimum absolute atomic E-state index is 0.254. The Morgan fingerprint density at radius 2 is 1.46 bits per heavy atom. The predicted molar refractivity (Wildman–Crippen MR) is 119 cm³/mol. The van der Waals surface area contributed by atoms with E-state index in [9.17, 15) is 0 Å². The van der Waals surface area contributed by atoms with Crippen LogP contribution >= 0.6 is 11.8 Å². The maximum Gasteiger partial charge on any atom is 0.0960 e. The Balaban J connectivity index is 0. The Morgan fingerprint density at radius 1 is 0.885 bits per heavy atom. The van der Waals surface area contributed by atoms with Crippen LogP contribution in [0, 0.1) is 6.92 Å². The van der Waals surface area contributed by atoms with Crippen molar-refractivity contribution >= 4 is 11.8 Å². The molecule has 0 saturated carbocycles. The van der Waals surface area contributed by atoms with Gasteiger partial charge in [-0.05, 0) is 44.0 Å². The topological polar surface area (TPSA) is 22.1 Å². The molecular weight excluding hydrogens is 338 g/mol. The second-order valence-electron chi connectivity index (χ2n) is 5.19. The molecule has 0 amide bonds. The summed E-state index contributed by atoms with van der Waals surface area (Å²) < 4.78 is 6.07. The van der Waals surface area contributed by atoms with Crippen LogP contribution in [0.5, 0.6) is 0 Å². The van der Waals surface area contributed by atoms with Gasteiger partial charge in [0.2, 0.25) is 0 Å². The first kappa shape index (κ1) is 26.9. The molecule has 0 spiro atoms. The highest BCUT2D eigenvalue weighted by Crippen LogP contribution is 2.27. The summed E-state index contributed by atoms with van der Waals surface area (Å²) in [5.74, 6) is 0.909. The fourth-order valence-electron chi connectivity index (χ4n) is 2.20. The summed E-state index contributed by atoms with van der Waals surface area (Å²) >= 11 is 1.72. The molecule has 0 fully saturated rings. The van der Waals surface area contributed by atoms with Crippen LogP contribution in [0.25, 0.3) is 0 Å². The number of nitrogens with zero attached hydrogens (tertiary/aromatic N) is 1. The van der Waals surface area contributed by atoms with E-state index in [4.69, 9.17) is 4.74 Å². The minimum Gasteiger partial charge on any atom is -0.370 e. The van der Waals surface area contributed by atoms with E-state index in [0.717, 1.165) is 10.8 Å². The molecule has 0 aliphatic rings. The monoisotopic (exact) mass is 377 g/mol. The molecular formula is C23H39NOS. The van der Waals surface area contributed by atoms with Crippen LogP contribution in [-0.4, -0.2) is 17.3 Å². The third kappa shape index (κ3) is 10.6. The normalized spacial score (nSPS) is 9.58. The van der Waals surface area contributed by atoms with E-state index in [-0.39, 0.29) is 5.60 Å². The highest BCUT2D eigenvalue weighted by Gasteiger charge is 2.22. The van der Waals surface area contributed by atoms with Gasteiger partial charge >= 0.3 is 0 Å². The molecule has 1 aromatic heterocycles. The van der Waals surface area contributed by atoms with Crippen molar-refractivity contribution in [3.05, 3.63) is 59.8 Å². The van der Waals surface area contributed by atoms with Crippen molar-refractivity contribution in [2.75, 3.05) is 12.4 Å². The first-order valence-corrected chi connectivity index (χ1v) is 10.8. The highest BCUT2D eigenvalue weighted by atomic mass is 32.2. The average Bonchev–Trinajstić information content (AvgIpc) is 2.71. The van der Waals surface area contributed by atoms with Crippen LogP contribution in [0.15, 0.2) is 53.7 Å². The number of hydrogen-bond acceptors (Lipinski definition) is 3. The number of pyridine rings is 1. The Bertz CT molecular complexity index is 541. The number of hydrogen-bond donors (Lipinski definition) is 0. The number of benzene rings is 1. The van der Waals surface area contributed by atoms with Gasteiger partial charge in [-0.2, -0.15) is 0 Å². The lowest BCUT2D eigenvalue weighted by molar-refractivity contribution is -0.0129. The van der Waals surface area contributed by atoms with Crippen molar-refractivity contribution in [3.8, 4) is 0 Å². The number of ether oxygens (including phenoxy) is 1. The molecule has 3 heteroatoms. The number of aryl methyl sites for hydroxylation is 1. The lowest BCUT2D eigenvalue weighted by Gasteiger charge is -2.27. The summed E-state index contributed by atoms with van der Waals surface area (Å²) in [6, 6.07) is 14.4. The van der Waals surface area contributed by atoms with Crippen molar-refractivity contribution in [2.24, 2.45) is 0 Å². The van der Waals surface area contributed by atoms with Gasteiger partial charge in [0, 0.05) is 11.9 Å². The second-order valence-corrected chi connectivity index (χ2v) is 6.31. The SMILES string of the molecule is CC.CC.CC.Cc1ccccc1C(C)(C)OCCSc1ccccn1. The van der Waals surface area contributed by atoms with Gasteiger partial charge in [-0.25, -0.2) is 4.98 Å². The van der Waals surface area contributed by atoms with Gasteiger partial charge in [-0.3, -0.25) is 0 Å². The maximum atomic E-state index is 6.07. The molecule has 1 aromatic carbocycles. The molecule has 0 aliphatic heterocycles. The zero-order chi connectivity index (χ0) is 20.4. The standard InChI is InChI=1S/C17H21NOS.3C2H6/c1-14-8-4-5-9-15(14)17(2,3)19-12-13-20-16-10-6-7-11-18-16;3*1-2/h4-11H,12-13H2,1-3H3;3*1-2H3. The third-order valence-corrected chi connectivity index (χ3v) is 4.14. The molecule has 0 bridgehead atoms. The van der Waals surface area contributed by atoms with E-state index >= 15 is 0 Å². The van der Waals surface area contributed by atoms with Crippen LogP contribution in [-0.2, 0) is 10.3 Å². The fraction of sp³-hybridized carbons (Fsp3) is 0.522. The van der Waals surface area contributed by atoms with Gasteiger partial charge in [-0.15, -0.1) is 11.8 Å². The third-order valence-electron chi connectivity index (χ3n) is 3.23. The van der Waals surface area contributed by atoms with Crippen LogP contribution in [0.1, 0.15) is 66.5 Å². The molecule has 26 heavy (non-hydrogen) atoms. The largest absolute Gasteiger partial charge is 0.370 e. The quantitative estimate of drug-likeness (QED) is 0.384. The molecule has 2 aromatic rings. The predicted octanol–water partition coefficient (Wildman–Crippen LogP) is 7.51. The number of aromatic nitrogens is 1. The van der Waals surface area contributed by atoms with Gasteiger partial charge in [0.25, 0.3) is 0 Å². The van der Waals surface area contributed by atoms with E-state index in [2.05, 4.69) is 50.0 Å². The molecule has 2 nitrogen and oxygen atoms in total. The van der Waals surface area contributed by atoms with Crippen LogP contribution in [0.3, 0.4) is 0 Å². The number of rotatable bonds is 6. The van der Waals surface area contributed by atoms with Crippen molar-refractivity contribution in [2.45, 2.75) is 72.9 Å². The summed E-state index contributed by atoms with van der Waals surface area (Å²) in [6.07, 6.45) is 1.82. The first-order valence-electron chi connectivity index (χ1n) is 9.83. The van der Waals surface area contributed by atoms with Crippen molar-refractivity contribution in [3.63, 3.8) is 0 Å². The van der Waals surface area contributed by atoms with Crippen LogP contribution in [0.4, 0.5) is 0 Å². The van der Waals surface area contributed by atoms with Crippen molar-refractivity contribution in [1.29, 1.82) is 0 Å². The maximum absolute atomic E-state index is 6.07. The average molecular weight is 378 g/mol. The molecule has 0 radical (unpaired) electrons. The summed E-state index contributed by atoms with van der Waals surface area (Å²) in [7, 11) is 0. The summed E-state index contributed by atoms with van der Waals surface area (Å²) in [6.45, 7) is 19.1. The van der Waals surface area contributed by atoms with E-state index in [0.29, 0.717) is 6.61 Å².